The lowest BCUT2D eigenvalue weighted by Gasteiger charge is -2.08. The van der Waals surface area contributed by atoms with E-state index in [2.05, 4.69) is 10.4 Å². The molecule has 0 spiro atoms. The van der Waals surface area contributed by atoms with Crippen molar-refractivity contribution in [2.24, 2.45) is 0 Å². The molecule has 6 nitrogen and oxygen atoms in total. The highest BCUT2D eigenvalue weighted by molar-refractivity contribution is 5.95. The van der Waals surface area contributed by atoms with Crippen molar-refractivity contribution in [3.63, 3.8) is 0 Å². The van der Waals surface area contributed by atoms with E-state index < -0.39 is 36.9 Å². The highest BCUT2D eigenvalue weighted by atomic mass is 19.4. The first-order valence-corrected chi connectivity index (χ1v) is 9.42. The number of nitrogens with one attached hydrogen (secondary N) is 2. The molecule has 0 aliphatic rings. The molecule has 1 heterocycles. The number of aromatic nitrogens is 2. The zero-order valence-electron chi connectivity index (χ0n) is 16.6. The van der Waals surface area contributed by atoms with Crippen molar-refractivity contribution in [2.45, 2.75) is 6.18 Å². The Bertz CT molecular complexity index is 1110. The molecule has 0 unspecified atom stereocenters. The van der Waals surface area contributed by atoms with Gasteiger partial charge in [-0.1, -0.05) is 18.2 Å². The lowest BCUT2D eigenvalue weighted by atomic mass is 10.1. The molecule has 2 amide bonds. The Balaban J connectivity index is 1.75. The molecule has 1 aromatic heterocycles. The first kappa shape index (κ1) is 22.7. The molecule has 0 fully saturated rings. The first-order chi connectivity index (χ1) is 15.2. The third-order valence-electron chi connectivity index (χ3n) is 4.20. The zero-order valence-corrected chi connectivity index (χ0v) is 16.6. The molecule has 2 N–H and O–H groups in total. The lowest BCUT2D eigenvalue weighted by molar-refractivity contribution is -0.138. The number of hydrogen-bond donors (Lipinski definition) is 2. The van der Waals surface area contributed by atoms with Crippen molar-refractivity contribution in [1.29, 1.82) is 0 Å². The summed E-state index contributed by atoms with van der Waals surface area (Å²) in [6.07, 6.45) is -0.270. The largest absolute Gasteiger partial charge is 0.405 e. The van der Waals surface area contributed by atoms with Crippen LogP contribution in [0.25, 0.3) is 23.0 Å². The Morgan fingerprint density at radius 2 is 1.69 bits per heavy atom. The van der Waals surface area contributed by atoms with Gasteiger partial charge in [-0.25, -0.2) is 9.07 Å². The van der Waals surface area contributed by atoms with E-state index in [0.29, 0.717) is 16.8 Å². The molecule has 0 bridgehead atoms. The van der Waals surface area contributed by atoms with Gasteiger partial charge in [0.05, 0.1) is 17.9 Å². The van der Waals surface area contributed by atoms with E-state index in [9.17, 15) is 27.2 Å². The molecular weight excluding hydrogens is 428 g/mol. The first-order valence-electron chi connectivity index (χ1n) is 9.42. The Morgan fingerprint density at radius 1 is 1.00 bits per heavy atom. The molecule has 10 heteroatoms. The number of amides is 2. The number of halogens is 4. The van der Waals surface area contributed by atoms with E-state index in [1.54, 1.807) is 28.3 Å². The van der Waals surface area contributed by atoms with Gasteiger partial charge in [0.25, 0.3) is 0 Å². The fraction of sp³-hybridized carbons (Fsp3) is 0.136. The third-order valence-corrected chi connectivity index (χ3v) is 4.20. The summed E-state index contributed by atoms with van der Waals surface area (Å²) in [7, 11) is 0. The summed E-state index contributed by atoms with van der Waals surface area (Å²) in [4.78, 5) is 23.4. The maximum atomic E-state index is 13.3. The minimum absolute atomic E-state index is 0.406. The predicted molar refractivity (Wildman–Crippen MR) is 110 cm³/mol. The molecule has 3 aromatic rings. The molecule has 0 aliphatic heterocycles. The van der Waals surface area contributed by atoms with Gasteiger partial charge in [-0.05, 0) is 42.5 Å². The minimum Gasteiger partial charge on any atom is -0.345 e. The molecule has 0 aliphatic carbocycles. The number of carbonyl (C=O) groups excluding carboxylic acids is 2. The van der Waals surface area contributed by atoms with E-state index in [-0.39, 0.29) is 0 Å². The van der Waals surface area contributed by atoms with Gasteiger partial charge in [-0.2, -0.15) is 18.3 Å². The second-order valence-corrected chi connectivity index (χ2v) is 6.66. The summed E-state index contributed by atoms with van der Waals surface area (Å²) in [5, 5.41) is 8.39. The van der Waals surface area contributed by atoms with Crippen LogP contribution in [0, 0.1) is 5.82 Å². The number of carbonyl (C=O) groups is 2. The van der Waals surface area contributed by atoms with Gasteiger partial charge in [0.15, 0.2) is 0 Å². The van der Waals surface area contributed by atoms with Crippen LogP contribution in [0.15, 0.2) is 66.9 Å². The molecule has 3 rings (SSSR count). The molecule has 0 saturated carbocycles. The molecule has 166 valence electrons. The fourth-order valence-electron chi connectivity index (χ4n) is 2.71. The van der Waals surface area contributed by atoms with Crippen molar-refractivity contribution >= 4 is 17.9 Å². The summed E-state index contributed by atoms with van der Waals surface area (Å²) in [5.41, 5.74) is 2.41. The average Bonchev–Trinajstić information content (AvgIpc) is 3.20. The van der Waals surface area contributed by atoms with Crippen molar-refractivity contribution < 1.29 is 27.2 Å². The Kier molecular flexibility index (Phi) is 7.04. The monoisotopic (exact) mass is 446 g/mol. The van der Waals surface area contributed by atoms with Crippen LogP contribution in [0.2, 0.25) is 0 Å². The van der Waals surface area contributed by atoms with Gasteiger partial charge in [0, 0.05) is 23.4 Å². The number of benzene rings is 2. The molecule has 0 saturated heterocycles. The highest BCUT2D eigenvalue weighted by Gasteiger charge is 2.27. The summed E-state index contributed by atoms with van der Waals surface area (Å²) >= 11 is 0. The number of nitrogens with zero attached hydrogens (tertiary/aromatic N) is 2. The Hall–Kier alpha value is -3.95. The zero-order chi connectivity index (χ0) is 23.1. The number of alkyl halides is 3. The molecule has 32 heavy (non-hydrogen) atoms. The van der Waals surface area contributed by atoms with Crippen LogP contribution in [-0.4, -0.2) is 40.9 Å². The van der Waals surface area contributed by atoms with Crippen molar-refractivity contribution in [3.8, 4) is 16.9 Å². The Morgan fingerprint density at radius 3 is 2.34 bits per heavy atom. The molecule has 0 atom stereocenters. The van der Waals surface area contributed by atoms with Crippen molar-refractivity contribution in [3.05, 3.63) is 78.3 Å². The average molecular weight is 446 g/mol. The van der Waals surface area contributed by atoms with Gasteiger partial charge in [-0.15, -0.1) is 0 Å². The van der Waals surface area contributed by atoms with Crippen LogP contribution >= 0.6 is 0 Å². The molecular formula is C22H18F4N4O2. The fourth-order valence-corrected chi connectivity index (χ4v) is 2.71. The van der Waals surface area contributed by atoms with Crippen LogP contribution in [0.4, 0.5) is 17.6 Å². The number of rotatable bonds is 7. The summed E-state index contributed by atoms with van der Waals surface area (Å²) in [6, 6.07) is 14.9. The van der Waals surface area contributed by atoms with Gasteiger partial charge >= 0.3 is 6.18 Å². The van der Waals surface area contributed by atoms with Crippen LogP contribution in [0.3, 0.4) is 0 Å². The van der Waals surface area contributed by atoms with Gasteiger partial charge in [0.1, 0.15) is 12.4 Å². The lowest BCUT2D eigenvalue weighted by Crippen LogP contribution is -2.40. The van der Waals surface area contributed by atoms with Gasteiger partial charge in [0.2, 0.25) is 11.8 Å². The standard InChI is InChI=1S/C22H18F4N4O2/c23-17-9-6-15(7-10-17)21-16(13-30(29-21)18-4-2-1-3-5-18)8-11-19(31)27-12-20(32)28-14-22(24,25)26/h1-11,13H,12,14H2,(H,27,31)(H,28,32)/b11-8+. The van der Waals surface area contributed by atoms with Crippen LogP contribution in [0.5, 0.6) is 0 Å². The maximum Gasteiger partial charge on any atom is 0.405 e. The van der Waals surface area contributed by atoms with E-state index in [4.69, 9.17) is 0 Å². The van der Waals surface area contributed by atoms with Crippen LogP contribution < -0.4 is 10.6 Å². The van der Waals surface area contributed by atoms with Crippen LogP contribution in [0.1, 0.15) is 5.56 Å². The minimum atomic E-state index is -4.53. The second kappa shape index (κ2) is 9.90. The summed E-state index contributed by atoms with van der Waals surface area (Å²) < 4.78 is 51.2. The molecule has 0 radical (unpaired) electrons. The SMILES string of the molecule is O=C(/C=C/c1cn(-c2ccccc2)nc1-c1ccc(F)cc1)NCC(=O)NCC(F)(F)F. The van der Waals surface area contributed by atoms with Crippen molar-refractivity contribution in [2.75, 3.05) is 13.1 Å². The number of hydrogen-bond acceptors (Lipinski definition) is 3. The number of para-hydroxylation sites is 1. The predicted octanol–water partition coefficient (Wildman–Crippen LogP) is 3.49. The Labute approximate surface area is 180 Å². The summed E-state index contributed by atoms with van der Waals surface area (Å²) in [6.45, 7) is -2.08. The van der Waals surface area contributed by atoms with Crippen molar-refractivity contribution in [1.82, 2.24) is 20.4 Å². The second-order valence-electron chi connectivity index (χ2n) is 6.66. The summed E-state index contributed by atoms with van der Waals surface area (Å²) in [5.74, 6) is -2.05. The maximum absolute atomic E-state index is 13.3. The van der Waals surface area contributed by atoms with E-state index in [0.717, 1.165) is 11.8 Å². The quantitative estimate of drug-likeness (QED) is 0.431. The topological polar surface area (TPSA) is 76.0 Å². The van der Waals surface area contributed by atoms with Crippen LogP contribution in [-0.2, 0) is 9.59 Å². The van der Waals surface area contributed by atoms with E-state index in [1.807, 2.05) is 30.3 Å². The van der Waals surface area contributed by atoms with E-state index in [1.165, 1.54) is 18.2 Å². The normalized spacial score (nSPS) is 11.5. The van der Waals surface area contributed by atoms with E-state index >= 15 is 0 Å². The highest BCUT2D eigenvalue weighted by Crippen LogP contribution is 2.25. The third kappa shape index (κ3) is 6.53. The smallest absolute Gasteiger partial charge is 0.345 e. The molecule has 2 aromatic carbocycles. The van der Waals surface area contributed by atoms with Gasteiger partial charge < -0.3 is 10.6 Å². The van der Waals surface area contributed by atoms with Gasteiger partial charge in [-0.3, -0.25) is 9.59 Å².